The number of aromatic hydroxyl groups is 1. The number of aliphatic carboxylic acids is 1. The number of phenolic OH excluding ortho intramolecular Hbond substituents is 1. The molecule has 8 unspecified atom stereocenters. The highest BCUT2D eigenvalue weighted by Gasteiger charge is 2.38. The number of hydrogen-bond acceptors (Lipinski definition) is 8. The van der Waals surface area contributed by atoms with E-state index >= 15 is 0 Å². The van der Waals surface area contributed by atoms with Gasteiger partial charge in [0.2, 0.25) is 0 Å². The average molecular weight is 745 g/mol. The van der Waals surface area contributed by atoms with E-state index in [1.807, 2.05) is 31.2 Å². The first-order chi connectivity index (χ1) is 25.9. The molecule has 2 aliphatic rings. The van der Waals surface area contributed by atoms with E-state index in [4.69, 9.17) is 0 Å². The van der Waals surface area contributed by atoms with Crippen molar-refractivity contribution in [3.05, 3.63) is 88.5 Å². The number of carboxylic acid groups (broad SMARTS) is 1. The third-order valence-electron chi connectivity index (χ3n) is 11.2. The minimum absolute atomic E-state index is 0.0121. The molecule has 2 aromatic rings. The molecule has 1 aliphatic carbocycles. The molecule has 8 atom stereocenters. The zero-order valence-corrected chi connectivity index (χ0v) is 32.5. The fraction of sp³-hybridized carbons (Fsp3) is 0.578. The van der Waals surface area contributed by atoms with E-state index in [0.717, 1.165) is 53.5 Å². The number of carboxylic acids is 1. The van der Waals surface area contributed by atoms with Gasteiger partial charge in [-0.15, -0.1) is 0 Å². The van der Waals surface area contributed by atoms with E-state index in [1.54, 1.807) is 31.2 Å². The monoisotopic (exact) mass is 744 g/mol. The minimum atomic E-state index is -1.35. The van der Waals surface area contributed by atoms with Crippen LogP contribution in [-0.2, 0) is 11.2 Å². The highest BCUT2D eigenvalue weighted by Crippen LogP contribution is 2.40. The standard InChI is InChI=1S/C45H64N2O7/c1-4-6-7-11-37(49)22-16-32-14-13-31-10-8-9-12-40(31)34-19-25-42(33-17-23-38(50)24-18-33)45(3,54)30-47-44(41(32)28-39(51)29-48)35(27-34)15-20-36(46-5-2)21-26-43(52)53/h8-10,12,16-18,22-24,34-37,39,42,44,46-51,54H,4-7,11,13-15,20-21,26-30H2,1-3H3,(H,52,53). The number of aliphatic hydroxyl groups excluding tert-OH is 3. The maximum Gasteiger partial charge on any atom is 0.303 e. The molecule has 0 amide bonds. The number of phenols is 1. The number of fused-ring (bicyclic) bond motifs is 5. The maximum atomic E-state index is 12.3. The summed E-state index contributed by atoms with van der Waals surface area (Å²) >= 11 is 0. The molecule has 9 heteroatoms. The van der Waals surface area contributed by atoms with Crippen molar-refractivity contribution >= 4 is 5.97 Å². The van der Waals surface area contributed by atoms with Crippen LogP contribution in [0.2, 0.25) is 0 Å². The van der Waals surface area contributed by atoms with E-state index in [0.29, 0.717) is 45.1 Å². The summed E-state index contributed by atoms with van der Waals surface area (Å²) in [5, 5.41) is 71.5. The summed E-state index contributed by atoms with van der Waals surface area (Å²) < 4.78 is 0. The number of rotatable bonds is 18. The molecule has 296 valence electrons. The number of β-amino-alcohol motifs (C(OH)–C–C–N with tert-alkyl or cyclic N) is 1. The Morgan fingerprint density at radius 1 is 1.04 bits per heavy atom. The zero-order valence-electron chi connectivity index (χ0n) is 32.5. The number of carbonyl (C=O) groups is 1. The van der Waals surface area contributed by atoms with Crippen LogP contribution in [0.5, 0.6) is 5.75 Å². The number of hydrogen-bond donors (Lipinski definition) is 8. The Bertz CT molecular complexity index is 1590. The number of nitrogens with one attached hydrogen (secondary N) is 2. The zero-order chi connectivity index (χ0) is 39.1. The molecule has 1 heterocycles. The quantitative estimate of drug-likeness (QED) is 0.0666. The van der Waals surface area contributed by atoms with Crippen LogP contribution in [0.4, 0.5) is 0 Å². The Hall–Kier alpha value is -3.49. The lowest BCUT2D eigenvalue weighted by Gasteiger charge is -2.40. The summed E-state index contributed by atoms with van der Waals surface area (Å²) in [6, 6.07) is 14.9. The lowest BCUT2D eigenvalue weighted by Crippen LogP contribution is -2.50. The van der Waals surface area contributed by atoms with Crippen molar-refractivity contribution in [2.45, 2.75) is 140 Å². The van der Waals surface area contributed by atoms with Crippen molar-refractivity contribution in [1.29, 1.82) is 0 Å². The second kappa shape index (κ2) is 21.6. The number of aliphatic hydroxyl groups is 4. The van der Waals surface area contributed by atoms with Gasteiger partial charge in [0.15, 0.2) is 0 Å². The van der Waals surface area contributed by atoms with Crippen molar-refractivity contribution in [1.82, 2.24) is 10.6 Å². The normalized spacial score (nSPS) is 25.0. The molecule has 0 radical (unpaired) electrons. The predicted octanol–water partition coefficient (Wildman–Crippen LogP) is 6.10. The molecule has 2 bridgehead atoms. The van der Waals surface area contributed by atoms with Crippen molar-refractivity contribution < 1.29 is 35.4 Å². The van der Waals surface area contributed by atoms with Crippen LogP contribution in [0.25, 0.3) is 0 Å². The Labute approximate surface area is 322 Å². The lowest BCUT2D eigenvalue weighted by molar-refractivity contribution is -0.137. The largest absolute Gasteiger partial charge is 0.508 e. The molecule has 4 rings (SSSR count). The summed E-state index contributed by atoms with van der Waals surface area (Å²) in [6.07, 6.45) is 10.1. The third kappa shape index (κ3) is 12.8. The van der Waals surface area contributed by atoms with Gasteiger partial charge in [-0.25, -0.2) is 0 Å². The van der Waals surface area contributed by atoms with Gasteiger partial charge in [-0.2, -0.15) is 0 Å². The Morgan fingerprint density at radius 3 is 2.50 bits per heavy atom. The van der Waals surface area contributed by atoms with Crippen LogP contribution >= 0.6 is 0 Å². The van der Waals surface area contributed by atoms with Crippen molar-refractivity contribution in [3.8, 4) is 17.6 Å². The van der Waals surface area contributed by atoms with Gasteiger partial charge in [0, 0.05) is 31.0 Å². The summed E-state index contributed by atoms with van der Waals surface area (Å²) in [4.78, 5) is 11.6. The summed E-state index contributed by atoms with van der Waals surface area (Å²) in [6.45, 7) is 6.41. The number of aryl methyl sites for hydroxylation is 1. The molecule has 0 aromatic heterocycles. The molecule has 54 heavy (non-hydrogen) atoms. The van der Waals surface area contributed by atoms with Crippen molar-refractivity contribution in [2.24, 2.45) is 5.92 Å². The molecule has 8 N–H and O–H groups in total. The highest BCUT2D eigenvalue weighted by atomic mass is 16.4. The Kier molecular flexibility index (Phi) is 17.3. The van der Waals surface area contributed by atoms with Crippen molar-refractivity contribution in [3.63, 3.8) is 0 Å². The Morgan fingerprint density at radius 2 is 1.80 bits per heavy atom. The van der Waals surface area contributed by atoms with Crippen LogP contribution in [0.3, 0.4) is 0 Å². The first-order valence-electron chi connectivity index (χ1n) is 20.1. The van der Waals surface area contributed by atoms with Gasteiger partial charge in [-0.1, -0.05) is 93.5 Å². The van der Waals surface area contributed by atoms with Gasteiger partial charge in [-0.3, -0.25) is 4.79 Å². The van der Waals surface area contributed by atoms with Gasteiger partial charge in [-0.05, 0) is 111 Å². The molecule has 0 fully saturated rings. The number of benzene rings is 2. The molecular weight excluding hydrogens is 681 g/mol. The molecular formula is C45H64N2O7. The van der Waals surface area contributed by atoms with E-state index < -0.39 is 36.3 Å². The van der Waals surface area contributed by atoms with Crippen LogP contribution in [0.15, 0.2) is 71.8 Å². The highest BCUT2D eigenvalue weighted by molar-refractivity contribution is 5.66. The first kappa shape index (κ1) is 43.2. The van der Waals surface area contributed by atoms with E-state index in [2.05, 4.69) is 41.5 Å². The van der Waals surface area contributed by atoms with E-state index in [1.165, 1.54) is 0 Å². The number of allylic oxidation sites excluding steroid dienone is 2. The van der Waals surface area contributed by atoms with E-state index in [-0.39, 0.29) is 49.1 Å². The fourth-order valence-corrected chi connectivity index (χ4v) is 8.20. The lowest BCUT2D eigenvalue weighted by atomic mass is 9.73. The van der Waals surface area contributed by atoms with Crippen LogP contribution in [-0.4, -0.2) is 86.2 Å². The van der Waals surface area contributed by atoms with E-state index in [9.17, 15) is 35.4 Å². The molecule has 0 saturated heterocycles. The van der Waals surface area contributed by atoms with Gasteiger partial charge >= 0.3 is 5.97 Å². The second-order valence-electron chi connectivity index (χ2n) is 15.6. The third-order valence-corrected chi connectivity index (χ3v) is 11.2. The smallest absolute Gasteiger partial charge is 0.303 e. The summed E-state index contributed by atoms with van der Waals surface area (Å²) in [5.74, 6) is 5.62. The predicted molar refractivity (Wildman–Crippen MR) is 214 cm³/mol. The molecule has 2 aromatic carbocycles. The molecule has 1 aliphatic heterocycles. The summed E-state index contributed by atoms with van der Waals surface area (Å²) in [7, 11) is 0. The van der Waals surface area contributed by atoms with Crippen LogP contribution in [0, 0.1) is 17.8 Å². The SMILES string of the molecule is CCCCCC(O)C=CC1=C(CC(O)CO)C2NCC(C)(O)C(c3ccc(O)cc3)C#CC(CC2CCC(CCC(=O)O)NCC)c2ccccc2CC1. The molecule has 0 saturated carbocycles. The van der Waals surface area contributed by atoms with Crippen molar-refractivity contribution in [2.75, 3.05) is 19.7 Å². The van der Waals surface area contributed by atoms with Crippen LogP contribution < -0.4 is 10.6 Å². The maximum absolute atomic E-state index is 12.3. The van der Waals surface area contributed by atoms with Gasteiger partial charge in [0.1, 0.15) is 5.75 Å². The second-order valence-corrected chi connectivity index (χ2v) is 15.6. The van der Waals surface area contributed by atoms with Gasteiger partial charge in [0.05, 0.1) is 30.3 Å². The fourth-order valence-electron chi connectivity index (χ4n) is 8.20. The topological polar surface area (TPSA) is 163 Å². The van der Waals surface area contributed by atoms with Gasteiger partial charge < -0.3 is 41.3 Å². The van der Waals surface area contributed by atoms with Crippen LogP contribution in [0.1, 0.15) is 120 Å². The number of unbranched alkanes of at least 4 members (excludes halogenated alkanes) is 2. The summed E-state index contributed by atoms with van der Waals surface area (Å²) in [5.41, 5.74) is 3.66. The Balaban J connectivity index is 1.93. The molecule has 9 nitrogen and oxygen atoms in total. The molecule has 0 spiro atoms. The minimum Gasteiger partial charge on any atom is -0.508 e. The average Bonchev–Trinajstić information content (AvgIpc) is 3.15. The van der Waals surface area contributed by atoms with Gasteiger partial charge in [0.25, 0.3) is 0 Å². The first-order valence-corrected chi connectivity index (χ1v) is 20.1.